The Morgan fingerprint density at radius 3 is 2.89 bits per heavy atom. The van der Waals surface area contributed by atoms with Crippen LogP contribution in [0.1, 0.15) is 15.9 Å². The van der Waals surface area contributed by atoms with Crippen LogP contribution in [0.2, 0.25) is 5.02 Å². The van der Waals surface area contributed by atoms with Crippen LogP contribution in [0.4, 0.5) is 5.69 Å². The quantitative estimate of drug-likeness (QED) is 0.902. The SMILES string of the molecule is CNC(=O)c1ccc(Cl)c(NCc2cccnc2)c1. The summed E-state index contributed by atoms with van der Waals surface area (Å²) in [6.45, 7) is 0.602. The van der Waals surface area contributed by atoms with Crippen molar-refractivity contribution >= 4 is 23.2 Å². The molecule has 1 aromatic heterocycles. The topological polar surface area (TPSA) is 54.0 Å². The summed E-state index contributed by atoms with van der Waals surface area (Å²) in [5.74, 6) is -0.138. The summed E-state index contributed by atoms with van der Waals surface area (Å²) in [6.07, 6.45) is 3.51. The molecule has 0 fully saturated rings. The van der Waals surface area contributed by atoms with E-state index in [4.69, 9.17) is 11.6 Å². The van der Waals surface area contributed by atoms with Gasteiger partial charge in [0.05, 0.1) is 10.7 Å². The van der Waals surface area contributed by atoms with Gasteiger partial charge in [0, 0.05) is 31.5 Å². The number of aromatic nitrogens is 1. The molecule has 0 atom stereocenters. The maximum absolute atomic E-state index is 11.6. The van der Waals surface area contributed by atoms with Gasteiger partial charge < -0.3 is 10.6 Å². The molecule has 0 aliphatic heterocycles. The molecule has 0 saturated carbocycles. The number of hydrogen-bond acceptors (Lipinski definition) is 3. The minimum Gasteiger partial charge on any atom is -0.380 e. The maximum Gasteiger partial charge on any atom is 0.251 e. The number of benzene rings is 1. The Balaban J connectivity index is 2.13. The van der Waals surface area contributed by atoms with Crippen molar-refractivity contribution in [1.29, 1.82) is 0 Å². The second kappa shape index (κ2) is 6.20. The molecule has 0 spiro atoms. The highest BCUT2D eigenvalue weighted by atomic mass is 35.5. The summed E-state index contributed by atoms with van der Waals surface area (Å²) in [4.78, 5) is 15.6. The third-order valence-corrected chi connectivity index (χ3v) is 2.99. The molecule has 0 aliphatic rings. The minimum atomic E-state index is -0.138. The number of nitrogens with zero attached hydrogens (tertiary/aromatic N) is 1. The van der Waals surface area contributed by atoms with Crippen LogP contribution in [0.15, 0.2) is 42.7 Å². The van der Waals surface area contributed by atoms with E-state index in [0.717, 1.165) is 11.3 Å². The van der Waals surface area contributed by atoms with Gasteiger partial charge in [-0.15, -0.1) is 0 Å². The first kappa shape index (κ1) is 13.4. The normalized spacial score (nSPS) is 10.0. The molecule has 0 radical (unpaired) electrons. The van der Waals surface area contributed by atoms with Gasteiger partial charge in [-0.3, -0.25) is 9.78 Å². The van der Waals surface area contributed by atoms with Crippen molar-refractivity contribution in [3.8, 4) is 0 Å². The summed E-state index contributed by atoms with van der Waals surface area (Å²) >= 11 is 6.10. The van der Waals surface area contributed by atoms with Crippen molar-refractivity contribution in [2.24, 2.45) is 0 Å². The maximum atomic E-state index is 11.6. The first-order valence-electron chi connectivity index (χ1n) is 5.85. The van der Waals surface area contributed by atoms with Gasteiger partial charge in [0.1, 0.15) is 0 Å². The standard InChI is InChI=1S/C14H14ClN3O/c1-16-14(19)11-4-5-12(15)13(7-11)18-9-10-3-2-6-17-8-10/h2-8,18H,9H2,1H3,(H,16,19). The highest BCUT2D eigenvalue weighted by Gasteiger charge is 2.07. The predicted molar refractivity (Wildman–Crippen MR) is 76.4 cm³/mol. The molecule has 0 aliphatic carbocycles. The largest absolute Gasteiger partial charge is 0.380 e. The number of nitrogens with one attached hydrogen (secondary N) is 2. The average Bonchev–Trinajstić information content (AvgIpc) is 2.46. The van der Waals surface area contributed by atoms with Crippen LogP contribution in [0.25, 0.3) is 0 Å². The Kier molecular flexibility index (Phi) is 4.36. The molecule has 0 saturated heterocycles. The Morgan fingerprint density at radius 1 is 1.37 bits per heavy atom. The smallest absolute Gasteiger partial charge is 0.251 e. The number of pyridine rings is 1. The van der Waals surface area contributed by atoms with Crippen LogP contribution in [0.5, 0.6) is 0 Å². The third kappa shape index (κ3) is 3.45. The number of hydrogen-bond donors (Lipinski definition) is 2. The lowest BCUT2D eigenvalue weighted by molar-refractivity contribution is 0.0963. The molecule has 0 unspecified atom stereocenters. The van der Waals surface area contributed by atoms with Gasteiger partial charge in [-0.05, 0) is 29.8 Å². The van der Waals surface area contributed by atoms with Crippen molar-refractivity contribution in [3.63, 3.8) is 0 Å². The zero-order valence-electron chi connectivity index (χ0n) is 10.5. The van der Waals surface area contributed by atoms with Gasteiger partial charge in [-0.25, -0.2) is 0 Å². The first-order chi connectivity index (χ1) is 9.20. The van der Waals surface area contributed by atoms with E-state index in [1.165, 1.54) is 0 Å². The number of halogens is 1. The van der Waals surface area contributed by atoms with Gasteiger partial charge in [-0.2, -0.15) is 0 Å². The lowest BCUT2D eigenvalue weighted by Gasteiger charge is -2.10. The van der Waals surface area contributed by atoms with Crippen molar-refractivity contribution in [1.82, 2.24) is 10.3 Å². The average molecular weight is 276 g/mol. The van der Waals surface area contributed by atoms with Crippen molar-refractivity contribution < 1.29 is 4.79 Å². The summed E-state index contributed by atoms with van der Waals surface area (Å²) in [5, 5.41) is 6.36. The summed E-state index contributed by atoms with van der Waals surface area (Å²) in [7, 11) is 1.60. The lowest BCUT2D eigenvalue weighted by Crippen LogP contribution is -2.17. The van der Waals surface area contributed by atoms with E-state index in [-0.39, 0.29) is 5.91 Å². The fourth-order valence-corrected chi connectivity index (χ4v) is 1.83. The Hall–Kier alpha value is -2.07. The molecular weight excluding hydrogens is 262 g/mol. The van der Waals surface area contributed by atoms with Crippen LogP contribution in [0, 0.1) is 0 Å². The van der Waals surface area contributed by atoms with Gasteiger partial charge in [0.25, 0.3) is 5.91 Å². The van der Waals surface area contributed by atoms with E-state index in [2.05, 4.69) is 15.6 Å². The third-order valence-electron chi connectivity index (χ3n) is 2.66. The molecule has 2 rings (SSSR count). The second-order valence-electron chi connectivity index (χ2n) is 3.99. The fourth-order valence-electron chi connectivity index (χ4n) is 1.65. The van der Waals surface area contributed by atoms with Crippen molar-refractivity contribution in [2.45, 2.75) is 6.54 Å². The van der Waals surface area contributed by atoms with Crippen LogP contribution in [-0.2, 0) is 6.54 Å². The van der Waals surface area contributed by atoms with Gasteiger partial charge in [-0.1, -0.05) is 17.7 Å². The van der Waals surface area contributed by atoms with E-state index < -0.39 is 0 Å². The first-order valence-corrected chi connectivity index (χ1v) is 6.23. The highest BCUT2D eigenvalue weighted by Crippen LogP contribution is 2.23. The molecule has 1 aromatic carbocycles. The lowest BCUT2D eigenvalue weighted by atomic mass is 10.2. The number of carbonyl (C=O) groups is 1. The van der Waals surface area contributed by atoms with Crippen molar-refractivity contribution in [3.05, 3.63) is 58.9 Å². The Morgan fingerprint density at radius 2 is 2.21 bits per heavy atom. The van der Waals surface area contributed by atoms with Gasteiger partial charge in [0.15, 0.2) is 0 Å². The zero-order valence-corrected chi connectivity index (χ0v) is 11.2. The van der Waals surface area contributed by atoms with Crippen LogP contribution in [0.3, 0.4) is 0 Å². The summed E-state index contributed by atoms with van der Waals surface area (Å²) < 4.78 is 0. The van der Waals surface area contributed by atoms with E-state index in [0.29, 0.717) is 17.1 Å². The zero-order chi connectivity index (χ0) is 13.7. The fraction of sp³-hybridized carbons (Fsp3) is 0.143. The molecule has 2 N–H and O–H groups in total. The van der Waals surface area contributed by atoms with E-state index in [1.807, 2.05) is 12.1 Å². The Bertz CT molecular complexity index is 572. The van der Waals surface area contributed by atoms with E-state index in [1.54, 1.807) is 37.6 Å². The number of amides is 1. The Labute approximate surface area is 116 Å². The number of carbonyl (C=O) groups excluding carboxylic acids is 1. The van der Waals surface area contributed by atoms with Crippen LogP contribution < -0.4 is 10.6 Å². The molecule has 1 amide bonds. The predicted octanol–water partition coefficient (Wildman–Crippen LogP) is 2.71. The molecule has 5 heteroatoms. The second-order valence-corrected chi connectivity index (χ2v) is 4.40. The van der Waals surface area contributed by atoms with Crippen molar-refractivity contribution in [2.75, 3.05) is 12.4 Å². The number of anilines is 1. The molecular formula is C14H14ClN3O. The molecule has 2 aromatic rings. The molecule has 4 nitrogen and oxygen atoms in total. The van der Waals surface area contributed by atoms with E-state index >= 15 is 0 Å². The monoisotopic (exact) mass is 275 g/mol. The molecule has 1 heterocycles. The number of rotatable bonds is 4. The van der Waals surface area contributed by atoms with E-state index in [9.17, 15) is 4.79 Å². The van der Waals surface area contributed by atoms with Crippen LogP contribution in [-0.4, -0.2) is 17.9 Å². The molecule has 0 bridgehead atoms. The summed E-state index contributed by atoms with van der Waals surface area (Å²) in [6, 6.07) is 8.97. The molecule has 98 valence electrons. The minimum absolute atomic E-state index is 0.138. The highest BCUT2D eigenvalue weighted by molar-refractivity contribution is 6.33. The van der Waals surface area contributed by atoms with Crippen LogP contribution >= 0.6 is 11.6 Å². The molecule has 19 heavy (non-hydrogen) atoms. The van der Waals surface area contributed by atoms with Gasteiger partial charge >= 0.3 is 0 Å². The van der Waals surface area contributed by atoms with Gasteiger partial charge in [0.2, 0.25) is 0 Å². The summed E-state index contributed by atoms with van der Waals surface area (Å²) in [5.41, 5.74) is 2.34.